The van der Waals surface area contributed by atoms with Gasteiger partial charge in [0.25, 0.3) is 0 Å². The van der Waals surface area contributed by atoms with Crippen molar-refractivity contribution in [2.75, 3.05) is 18.5 Å². The van der Waals surface area contributed by atoms with E-state index >= 15 is 0 Å². The molecule has 0 fully saturated rings. The average molecular weight is 298 g/mol. The molecule has 0 radical (unpaired) electrons. The van der Waals surface area contributed by atoms with Crippen LogP contribution in [-0.2, 0) is 0 Å². The Balaban J connectivity index is 2.20. The molecule has 0 saturated carbocycles. The molecule has 0 aliphatic carbocycles. The fourth-order valence-corrected chi connectivity index (χ4v) is 2.11. The summed E-state index contributed by atoms with van der Waals surface area (Å²) in [6.45, 7) is 5.49. The summed E-state index contributed by atoms with van der Waals surface area (Å²) in [7, 11) is 0. The quantitative estimate of drug-likeness (QED) is 0.593. The summed E-state index contributed by atoms with van der Waals surface area (Å²) < 4.78 is 5.67. The molecule has 4 nitrogen and oxygen atoms in total. The fourth-order valence-electron chi connectivity index (χ4n) is 2.11. The highest BCUT2D eigenvalue weighted by Gasteiger charge is 2.14. The van der Waals surface area contributed by atoms with Gasteiger partial charge in [-0.2, -0.15) is 0 Å². The lowest BCUT2D eigenvalue weighted by molar-refractivity contribution is 0.103. The van der Waals surface area contributed by atoms with Crippen molar-refractivity contribution in [1.82, 2.24) is 4.98 Å². The van der Waals surface area contributed by atoms with E-state index in [1.54, 1.807) is 30.5 Å². The molecule has 116 valence electrons. The number of hydrogen-bond donors (Lipinski definition) is 1. The minimum Gasteiger partial charge on any atom is -0.494 e. The number of ether oxygens (including phenoxy) is 1. The summed E-state index contributed by atoms with van der Waals surface area (Å²) >= 11 is 0. The topological polar surface area (TPSA) is 51.2 Å². The number of rotatable bonds is 8. The molecule has 0 spiro atoms. The first kappa shape index (κ1) is 16.0. The van der Waals surface area contributed by atoms with E-state index in [-0.39, 0.29) is 5.78 Å². The number of carbonyl (C=O) groups is 1. The van der Waals surface area contributed by atoms with Crippen LogP contribution in [0.2, 0.25) is 0 Å². The summed E-state index contributed by atoms with van der Waals surface area (Å²) in [4.78, 5) is 16.9. The molecule has 1 heterocycles. The molecule has 2 rings (SSSR count). The second-order valence-electron chi connectivity index (χ2n) is 4.99. The molecule has 0 saturated heterocycles. The third-order valence-electron chi connectivity index (χ3n) is 3.26. The molecule has 1 N–H and O–H groups in total. The highest BCUT2D eigenvalue weighted by atomic mass is 16.5. The molecule has 4 heteroatoms. The number of ketones is 1. The average Bonchev–Trinajstić information content (AvgIpc) is 2.56. The van der Waals surface area contributed by atoms with Gasteiger partial charge in [0.1, 0.15) is 11.6 Å². The Morgan fingerprint density at radius 2 is 2.09 bits per heavy atom. The van der Waals surface area contributed by atoms with Crippen molar-refractivity contribution in [2.24, 2.45) is 0 Å². The van der Waals surface area contributed by atoms with E-state index in [1.807, 2.05) is 19.1 Å². The Labute approximate surface area is 131 Å². The molecule has 0 atom stereocenters. The summed E-state index contributed by atoms with van der Waals surface area (Å²) in [6.07, 6.45) is 3.77. The first-order valence-electron chi connectivity index (χ1n) is 7.72. The van der Waals surface area contributed by atoms with Crippen molar-refractivity contribution >= 4 is 11.6 Å². The second-order valence-corrected chi connectivity index (χ2v) is 4.99. The van der Waals surface area contributed by atoms with Gasteiger partial charge in [-0.15, -0.1) is 0 Å². The number of carbonyl (C=O) groups excluding carboxylic acids is 1. The van der Waals surface area contributed by atoms with E-state index in [9.17, 15) is 4.79 Å². The predicted molar refractivity (Wildman–Crippen MR) is 88.7 cm³/mol. The largest absolute Gasteiger partial charge is 0.494 e. The van der Waals surface area contributed by atoms with E-state index in [4.69, 9.17) is 4.74 Å². The van der Waals surface area contributed by atoms with Gasteiger partial charge in [0.2, 0.25) is 0 Å². The summed E-state index contributed by atoms with van der Waals surface area (Å²) in [5, 5.41) is 3.12. The van der Waals surface area contributed by atoms with Gasteiger partial charge in [0.05, 0.1) is 12.2 Å². The predicted octanol–water partition coefficient (Wildman–Crippen LogP) is 3.92. The SMILES string of the molecule is CCCCOc1cccc(C(=O)c2cccnc2NCC)c1. The molecule has 1 aromatic carbocycles. The first-order chi connectivity index (χ1) is 10.8. The minimum atomic E-state index is -0.0509. The monoisotopic (exact) mass is 298 g/mol. The number of unbranched alkanes of at least 4 members (excludes halogenated alkanes) is 1. The van der Waals surface area contributed by atoms with Gasteiger partial charge >= 0.3 is 0 Å². The smallest absolute Gasteiger partial charge is 0.196 e. The zero-order valence-corrected chi connectivity index (χ0v) is 13.1. The van der Waals surface area contributed by atoms with Crippen LogP contribution >= 0.6 is 0 Å². The lowest BCUT2D eigenvalue weighted by atomic mass is 10.0. The summed E-state index contributed by atoms with van der Waals surface area (Å²) in [5.74, 6) is 1.30. The minimum absolute atomic E-state index is 0.0509. The zero-order valence-electron chi connectivity index (χ0n) is 13.1. The van der Waals surface area contributed by atoms with Crippen molar-refractivity contribution in [3.63, 3.8) is 0 Å². The van der Waals surface area contributed by atoms with E-state index < -0.39 is 0 Å². The summed E-state index contributed by atoms with van der Waals surface area (Å²) in [5.41, 5.74) is 1.19. The Morgan fingerprint density at radius 1 is 1.23 bits per heavy atom. The van der Waals surface area contributed by atoms with Crippen LogP contribution in [0.4, 0.5) is 5.82 Å². The summed E-state index contributed by atoms with van der Waals surface area (Å²) in [6, 6.07) is 10.9. The first-order valence-corrected chi connectivity index (χ1v) is 7.72. The van der Waals surface area contributed by atoms with E-state index in [0.717, 1.165) is 25.1 Å². The number of aromatic nitrogens is 1. The van der Waals surface area contributed by atoms with Crippen molar-refractivity contribution in [3.8, 4) is 5.75 Å². The maximum Gasteiger partial charge on any atom is 0.196 e. The highest BCUT2D eigenvalue weighted by Crippen LogP contribution is 2.20. The fraction of sp³-hybridized carbons (Fsp3) is 0.333. The van der Waals surface area contributed by atoms with Crippen LogP contribution in [0, 0.1) is 0 Å². The van der Waals surface area contributed by atoms with Gasteiger partial charge in [-0.3, -0.25) is 4.79 Å². The number of anilines is 1. The standard InChI is InChI=1S/C18H22N2O2/c1-3-5-12-22-15-9-6-8-14(13-15)17(21)16-10-7-11-20-18(16)19-4-2/h6-11,13H,3-5,12H2,1-2H3,(H,19,20). The maximum atomic E-state index is 12.7. The van der Waals surface area contributed by atoms with Gasteiger partial charge in [-0.05, 0) is 37.6 Å². The normalized spacial score (nSPS) is 10.3. The van der Waals surface area contributed by atoms with Crippen LogP contribution in [0.15, 0.2) is 42.6 Å². The molecule has 0 amide bonds. The van der Waals surface area contributed by atoms with Gasteiger partial charge in [-0.1, -0.05) is 25.5 Å². The molecule has 1 aromatic heterocycles. The van der Waals surface area contributed by atoms with Crippen LogP contribution in [0.5, 0.6) is 5.75 Å². The Morgan fingerprint density at radius 3 is 2.86 bits per heavy atom. The van der Waals surface area contributed by atoms with Crippen molar-refractivity contribution in [2.45, 2.75) is 26.7 Å². The molecule has 2 aromatic rings. The van der Waals surface area contributed by atoms with Gasteiger partial charge in [0, 0.05) is 18.3 Å². The van der Waals surface area contributed by atoms with E-state index in [2.05, 4.69) is 17.2 Å². The van der Waals surface area contributed by atoms with Crippen molar-refractivity contribution < 1.29 is 9.53 Å². The van der Waals surface area contributed by atoms with E-state index in [0.29, 0.717) is 23.6 Å². The number of pyridine rings is 1. The Hall–Kier alpha value is -2.36. The van der Waals surface area contributed by atoms with Crippen LogP contribution in [0.3, 0.4) is 0 Å². The van der Waals surface area contributed by atoms with Crippen molar-refractivity contribution in [1.29, 1.82) is 0 Å². The van der Waals surface area contributed by atoms with Gasteiger partial charge < -0.3 is 10.1 Å². The molecule has 0 aliphatic rings. The number of nitrogens with one attached hydrogen (secondary N) is 1. The number of nitrogens with zero attached hydrogens (tertiary/aromatic N) is 1. The third-order valence-corrected chi connectivity index (χ3v) is 3.26. The lowest BCUT2D eigenvalue weighted by Crippen LogP contribution is -2.09. The van der Waals surface area contributed by atoms with Crippen LogP contribution in [0.1, 0.15) is 42.6 Å². The van der Waals surface area contributed by atoms with Gasteiger partial charge in [0.15, 0.2) is 5.78 Å². The number of hydrogen-bond acceptors (Lipinski definition) is 4. The highest BCUT2D eigenvalue weighted by molar-refractivity contribution is 6.12. The van der Waals surface area contributed by atoms with Crippen LogP contribution in [0.25, 0.3) is 0 Å². The molecule has 0 aliphatic heterocycles. The number of benzene rings is 1. The molecule has 0 bridgehead atoms. The van der Waals surface area contributed by atoms with Gasteiger partial charge in [-0.25, -0.2) is 4.98 Å². The Kier molecular flexibility index (Phi) is 5.95. The molecule has 0 unspecified atom stereocenters. The van der Waals surface area contributed by atoms with Crippen molar-refractivity contribution in [3.05, 3.63) is 53.7 Å². The molecule has 22 heavy (non-hydrogen) atoms. The second kappa shape index (κ2) is 8.17. The molecular formula is C18H22N2O2. The van der Waals surface area contributed by atoms with Crippen LogP contribution < -0.4 is 10.1 Å². The zero-order chi connectivity index (χ0) is 15.8. The van der Waals surface area contributed by atoms with E-state index in [1.165, 1.54) is 0 Å². The lowest BCUT2D eigenvalue weighted by Gasteiger charge is -2.10. The van der Waals surface area contributed by atoms with Crippen LogP contribution in [-0.4, -0.2) is 23.9 Å². The maximum absolute atomic E-state index is 12.7. The Bertz CT molecular complexity index is 626. The third kappa shape index (κ3) is 4.07. The molecular weight excluding hydrogens is 276 g/mol.